The monoisotopic (exact) mass is 230 g/mol. The molecule has 3 N–H and O–H groups in total. The summed E-state index contributed by atoms with van der Waals surface area (Å²) in [5, 5.41) is 3.56. The number of nitrogens with zero attached hydrogens (tertiary/aromatic N) is 2. The fraction of sp³-hybridized carbons (Fsp3) is 0.462. The molecule has 3 heterocycles. The Labute approximate surface area is 101 Å². The molecule has 1 aliphatic heterocycles. The number of anilines is 1. The molecule has 2 aromatic heterocycles. The van der Waals surface area contributed by atoms with Crippen LogP contribution in [0.25, 0.3) is 5.52 Å². The molecule has 4 heteroatoms. The van der Waals surface area contributed by atoms with E-state index in [2.05, 4.69) is 14.7 Å². The number of fused-ring (bicyclic) bond motifs is 1. The van der Waals surface area contributed by atoms with E-state index in [1.165, 1.54) is 19.3 Å². The van der Waals surface area contributed by atoms with Crippen LogP contribution in [0.15, 0.2) is 24.5 Å². The van der Waals surface area contributed by atoms with Crippen LogP contribution in [0, 0.1) is 0 Å². The zero-order valence-corrected chi connectivity index (χ0v) is 9.89. The van der Waals surface area contributed by atoms with Crippen LogP contribution >= 0.6 is 0 Å². The highest BCUT2D eigenvalue weighted by atomic mass is 15.0. The Hall–Kier alpha value is -1.55. The standard InChI is InChI=1S/C13H18N4/c14-10-4-6-17-12(7-10)9-16-13(17)8-11-3-1-2-5-15-11/h4,6-7,9,11,15H,1-3,5,8,14H2. The largest absolute Gasteiger partial charge is 0.399 e. The fourth-order valence-corrected chi connectivity index (χ4v) is 2.54. The molecular formula is C13H18N4. The van der Waals surface area contributed by atoms with Gasteiger partial charge in [-0.3, -0.25) is 0 Å². The molecule has 1 unspecified atom stereocenters. The molecule has 3 rings (SSSR count). The molecule has 0 spiro atoms. The number of hydrogen-bond acceptors (Lipinski definition) is 3. The minimum atomic E-state index is 0.576. The van der Waals surface area contributed by atoms with Crippen LogP contribution < -0.4 is 11.1 Å². The van der Waals surface area contributed by atoms with Gasteiger partial charge in [-0.15, -0.1) is 0 Å². The third kappa shape index (κ3) is 2.13. The lowest BCUT2D eigenvalue weighted by Gasteiger charge is -2.22. The molecule has 1 fully saturated rings. The third-order valence-electron chi connectivity index (χ3n) is 3.47. The first-order valence-electron chi connectivity index (χ1n) is 6.28. The molecule has 0 bridgehead atoms. The van der Waals surface area contributed by atoms with Crippen molar-refractivity contribution >= 4 is 11.2 Å². The van der Waals surface area contributed by atoms with Crippen molar-refractivity contribution in [2.75, 3.05) is 12.3 Å². The van der Waals surface area contributed by atoms with E-state index in [4.69, 9.17) is 5.73 Å². The molecular weight excluding hydrogens is 212 g/mol. The summed E-state index contributed by atoms with van der Waals surface area (Å²) in [5.41, 5.74) is 7.63. The number of hydrogen-bond donors (Lipinski definition) is 2. The minimum Gasteiger partial charge on any atom is -0.399 e. The van der Waals surface area contributed by atoms with E-state index in [1.807, 2.05) is 24.5 Å². The maximum atomic E-state index is 5.76. The van der Waals surface area contributed by atoms with Gasteiger partial charge in [0.2, 0.25) is 0 Å². The van der Waals surface area contributed by atoms with Crippen LogP contribution in [0.3, 0.4) is 0 Å². The zero-order valence-electron chi connectivity index (χ0n) is 9.89. The molecule has 0 amide bonds. The van der Waals surface area contributed by atoms with Gasteiger partial charge in [0.05, 0.1) is 11.7 Å². The maximum absolute atomic E-state index is 5.76. The van der Waals surface area contributed by atoms with Crippen LogP contribution in [-0.4, -0.2) is 22.0 Å². The minimum absolute atomic E-state index is 0.576. The van der Waals surface area contributed by atoms with Crippen molar-refractivity contribution < 1.29 is 0 Å². The molecule has 0 aromatic carbocycles. The van der Waals surface area contributed by atoms with Gasteiger partial charge < -0.3 is 15.5 Å². The number of pyridine rings is 1. The molecule has 1 aliphatic rings. The van der Waals surface area contributed by atoms with Crippen molar-refractivity contribution in [1.29, 1.82) is 0 Å². The molecule has 0 radical (unpaired) electrons. The van der Waals surface area contributed by atoms with Crippen molar-refractivity contribution in [3.63, 3.8) is 0 Å². The molecule has 0 saturated carbocycles. The quantitative estimate of drug-likeness (QED) is 0.824. The van der Waals surface area contributed by atoms with Gasteiger partial charge in [-0.1, -0.05) is 6.42 Å². The zero-order chi connectivity index (χ0) is 11.7. The first kappa shape index (κ1) is 10.6. The Morgan fingerprint density at radius 1 is 1.47 bits per heavy atom. The van der Waals surface area contributed by atoms with Gasteiger partial charge in [-0.2, -0.15) is 0 Å². The molecule has 2 aromatic rings. The maximum Gasteiger partial charge on any atom is 0.114 e. The summed E-state index contributed by atoms with van der Waals surface area (Å²) in [4.78, 5) is 4.50. The number of aromatic nitrogens is 2. The van der Waals surface area contributed by atoms with Gasteiger partial charge in [0.15, 0.2) is 0 Å². The molecule has 1 atom stereocenters. The average molecular weight is 230 g/mol. The van der Waals surface area contributed by atoms with Crippen LogP contribution in [0.5, 0.6) is 0 Å². The summed E-state index contributed by atoms with van der Waals surface area (Å²) in [6.07, 6.45) is 8.79. The van der Waals surface area contributed by atoms with Crippen LogP contribution in [-0.2, 0) is 6.42 Å². The van der Waals surface area contributed by atoms with Crippen molar-refractivity contribution in [1.82, 2.24) is 14.7 Å². The Bertz CT molecular complexity index is 511. The number of nitrogens with one attached hydrogen (secondary N) is 1. The summed E-state index contributed by atoms with van der Waals surface area (Å²) in [5.74, 6) is 1.12. The first-order valence-corrected chi connectivity index (χ1v) is 6.28. The van der Waals surface area contributed by atoms with Crippen LogP contribution in [0.2, 0.25) is 0 Å². The molecule has 0 aliphatic carbocycles. The number of piperidine rings is 1. The lowest BCUT2D eigenvalue weighted by atomic mass is 10.0. The van der Waals surface area contributed by atoms with Crippen molar-refractivity contribution in [2.24, 2.45) is 0 Å². The summed E-state index contributed by atoms with van der Waals surface area (Å²) in [6, 6.07) is 4.46. The van der Waals surface area contributed by atoms with Crippen molar-refractivity contribution in [3.8, 4) is 0 Å². The van der Waals surface area contributed by atoms with Crippen LogP contribution in [0.4, 0.5) is 5.69 Å². The van der Waals surface area contributed by atoms with Crippen molar-refractivity contribution in [3.05, 3.63) is 30.4 Å². The van der Waals surface area contributed by atoms with Gasteiger partial charge in [0.1, 0.15) is 5.82 Å². The predicted molar refractivity (Wildman–Crippen MR) is 69.0 cm³/mol. The van der Waals surface area contributed by atoms with E-state index in [0.717, 1.165) is 30.0 Å². The fourth-order valence-electron chi connectivity index (χ4n) is 2.54. The molecule has 4 nitrogen and oxygen atoms in total. The highest BCUT2D eigenvalue weighted by Crippen LogP contribution is 2.15. The Morgan fingerprint density at radius 2 is 2.41 bits per heavy atom. The summed E-state index contributed by atoms with van der Waals surface area (Å²) < 4.78 is 2.13. The summed E-state index contributed by atoms with van der Waals surface area (Å²) in [7, 11) is 0. The first-order chi connectivity index (χ1) is 8.33. The molecule has 17 heavy (non-hydrogen) atoms. The smallest absolute Gasteiger partial charge is 0.114 e. The predicted octanol–water partition coefficient (Wildman–Crippen LogP) is 1.60. The number of nitrogens with two attached hydrogens (primary N) is 1. The van der Waals surface area contributed by atoms with Gasteiger partial charge >= 0.3 is 0 Å². The van der Waals surface area contributed by atoms with E-state index < -0.39 is 0 Å². The Morgan fingerprint density at radius 3 is 3.24 bits per heavy atom. The normalized spacial score (nSPS) is 20.8. The van der Waals surface area contributed by atoms with Gasteiger partial charge in [-0.05, 0) is 31.5 Å². The molecule has 1 saturated heterocycles. The van der Waals surface area contributed by atoms with E-state index in [1.54, 1.807) is 0 Å². The number of rotatable bonds is 2. The summed E-state index contributed by atoms with van der Waals surface area (Å²) in [6.45, 7) is 1.14. The van der Waals surface area contributed by atoms with Gasteiger partial charge in [0.25, 0.3) is 0 Å². The van der Waals surface area contributed by atoms with E-state index in [-0.39, 0.29) is 0 Å². The van der Waals surface area contributed by atoms with E-state index in [9.17, 15) is 0 Å². The lowest BCUT2D eigenvalue weighted by Crippen LogP contribution is -2.36. The third-order valence-corrected chi connectivity index (χ3v) is 3.47. The van der Waals surface area contributed by atoms with Crippen molar-refractivity contribution in [2.45, 2.75) is 31.7 Å². The Kier molecular flexibility index (Phi) is 2.73. The highest BCUT2D eigenvalue weighted by molar-refractivity contribution is 5.55. The topological polar surface area (TPSA) is 55.4 Å². The average Bonchev–Trinajstić information content (AvgIpc) is 2.73. The number of nitrogen functional groups attached to an aromatic ring is 1. The lowest BCUT2D eigenvalue weighted by molar-refractivity contribution is 0.394. The number of imidazole rings is 1. The second-order valence-electron chi connectivity index (χ2n) is 4.78. The second-order valence-corrected chi connectivity index (χ2v) is 4.78. The second kappa shape index (κ2) is 4.37. The summed E-state index contributed by atoms with van der Waals surface area (Å²) >= 11 is 0. The SMILES string of the molecule is Nc1ccn2c(CC3CCCCN3)ncc2c1. The van der Waals surface area contributed by atoms with E-state index in [0.29, 0.717) is 6.04 Å². The van der Waals surface area contributed by atoms with Crippen LogP contribution in [0.1, 0.15) is 25.1 Å². The van der Waals surface area contributed by atoms with E-state index >= 15 is 0 Å². The molecule has 90 valence electrons. The van der Waals surface area contributed by atoms with Gasteiger partial charge in [-0.25, -0.2) is 4.98 Å². The van der Waals surface area contributed by atoms with Gasteiger partial charge in [0, 0.05) is 24.3 Å². The Balaban J connectivity index is 1.84. The highest BCUT2D eigenvalue weighted by Gasteiger charge is 2.15.